The van der Waals surface area contributed by atoms with Crippen LogP contribution >= 0.6 is 0 Å². The molecule has 0 heterocycles. The molecule has 2 heteroatoms. The van der Waals surface area contributed by atoms with Crippen LogP contribution < -0.4 is 5.32 Å². The summed E-state index contributed by atoms with van der Waals surface area (Å²) in [6.07, 6.45) is 7.75. The van der Waals surface area contributed by atoms with Gasteiger partial charge in [0.2, 0.25) is 0 Å². The normalized spacial score (nSPS) is 23.5. The van der Waals surface area contributed by atoms with Crippen LogP contribution in [0.1, 0.15) is 61.6 Å². The second-order valence-corrected chi connectivity index (χ2v) is 6.14. The first kappa shape index (κ1) is 13.1. The molecule has 1 atom stereocenters. The molecule has 0 bridgehead atoms. The van der Waals surface area contributed by atoms with E-state index in [0.717, 1.165) is 5.92 Å². The first-order valence-corrected chi connectivity index (χ1v) is 7.61. The molecule has 0 saturated heterocycles. The highest BCUT2D eigenvalue weighted by Crippen LogP contribution is 2.45. The number of likely N-dealkylation sites (N-methyl/N-ethyl adjacent to an activating group) is 1. The average Bonchev–Trinajstić information content (AvgIpc) is 2.32. The van der Waals surface area contributed by atoms with Crippen LogP contribution in [-0.2, 0) is 4.74 Å². The molecule has 2 saturated carbocycles. The minimum atomic E-state index is 0.0208. The monoisotopic (exact) mass is 259 g/mol. The van der Waals surface area contributed by atoms with Crippen LogP contribution in [0.4, 0.5) is 0 Å². The van der Waals surface area contributed by atoms with Crippen molar-refractivity contribution in [1.29, 1.82) is 0 Å². The zero-order valence-corrected chi connectivity index (χ0v) is 12.1. The van der Waals surface area contributed by atoms with Crippen molar-refractivity contribution in [2.24, 2.45) is 0 Å². The zero-order valence-electron chi connectivity index (χ0n) is 12.1. The van der Waals surface area contributed by atoms with Crippen molar-refractivity contribution < 1.29 is 4.74 Å². The largest absolute Gasteiger partial charge is 0.376 e. The van der Waals surface area contributed by atoms with Gasteiger partial charge in [0.1, 0.15) is 0 Å². The molecule has 1 aromatic rings. The van der Waals surface area contributed by atoms with Crippen molar-refractivity contribution in [3.63, 3.8) is 0 Å². The molecule has 0 aromatic heterocycles. The zero-order chi connectivity index (χ0) is 13.3. The van der Waals surface area contributed by atoms with Gasteiger partial charge in [-0.05, 0) is 56.2 Å². The Hall–Kier alpha value is -0.860. The van der Waals surface area contributed by atoms with Gasteiger partial charge in [0.15, 0.2) is 0 Å². The maximum absolute atomic E-state index is 5.86. The van der Waals surface area contributed by atoms with Crippen molar-refractivity contribution in [2.75, 3.05) is 14.2 Å². The molecule has 0 aliphatic heterocycles. The summed E-state index contributed by atoms with van der Waals surface area (Å²) in [5.74, 6) is 0.803. The van der Waals surface area contributed by atoms with E-state index in [1.165, 1.54) is 49.7 Å². The van der Waals surface area contributed by atoms with Crippen molar-refractivity contribution in [3.8, 4) is 0 Å². The molecule has 1 aromatic carbocycles. The quantitative estimate of drug-likeness (QED) is 0.869. The van der Waals surface area contributed by atoms with Gasteiger partial charge in [0.05, 0.1) is 11.6 Å². The van der Waals surface area contributed by atoms with Gasteiger partial charge in [-0.3, -0.25) is 0 Å². The Morgan fingerprint density at radius 1 is 1.26 bits per heavy atom. The summed E-state index contributed by atoms with van der Waals surface area (Å²) in [5.41, 5.74) is 2.94. The fourth-order valence-corrected chi connectivity index (χ4v) is 3.60. The van der Waals surface area contributed by atoms with E-state index in [1.807, 2.05) is 7.11 Å². The molecule has 0 amide bonds. The standard InChI is InChI=1S/C17H25NO/c1-18-16(17(19-2)10-5-11-17)15-9-4-8-14(12-15)13-6-3-7-13/h4,8-9,12-13,16,18H,3,5-7,10-11H2,1-2H3. The molecule has 2 nitrogen and oxygen atoms in total. The summed E-state index contributed by atoms with van der Waals surface area (Å²) in [6.45, 7) is 0. The SMILES string of the molecule is CNC(c1cccc(C2CCC2)c1)C1(OC)CCC1. The van der Waals surface area contributed by atoms with E-state index in [1.54, 1.807) is 0 Å². The number of hydrogen-bond donors (Lipinski definition) is 1. The van der Waals surface area contributed by atoms with Crippen LogP contribution in [0.5, 0.6) is 0 Å². The Morgan fingerprint density at radius 2 is 2.05 bits per heavy atom. The molecular formula is C17H25NO. The first-order valence-electron chi connectivity index (χ1n) is 7.61. The van der Waals surface area contributed by atoms with E-state index in [-0.39, 0.29) is 5.60 Å². The molecular weight excluding hydrogens is 234 g/mol. The average molecular weight is 259 g/mol. The van der Waals surface area contributed by atoms with E-state index in [9.17, 15) is 0 Å². The summed E-state index contributed by atoms with van der Waals surface area (Å²) in [6, 6.07) is 9.49. The van der Waals surface area contributed by atoms with Crippen molar-refractivity contribution >= 4 is 0 Å². The van der Waals surface area contributed by atoms with E-state index in [4.69, 9.17) is 4.74 Å². The molecule has 19 heavy (non-hydrogen) atoms. The van der Waals surface area contributed by atoms with Crippen LogP contribution in [0.3, 0.4) is 0 Å². The Balaban J connectivity index is 1.86. The van der Waals surface area contributed by atoms with Crippen LogP contribution in [-0.4, -0.2) is 19.8 Å². The highest BCUT2D eigenvalue weighted by Gasteiger charge is 2.44. The topological polar surface area (TPSA) is 21.3 Å². The number of rotatable bonds is 5. The third-order valence-corrected chi connectivity index (χ3v) is 5.24. The summed E-state index contributed by atoms with van der Waals surface area (Å²) >= 11 is 0. The Kier molecular flexibility index (Phi) is 3.64. The highest BCUT2D eigenvalue weighted by atomic mass is 16.5. The number of nitrogens with one attached hydrogen (secondary N) is 1. The van der Waals surface area contributed by atoms with Crippen molar-refractivity contribution in [3.05, 3.63) is 35.4 Å². The van der Waals surface area contributed by atoms with E-state index in [2.05, 4.69) is 36.6 Å². The highest BCUT2D eigenvalue weighted by molar-refractivity contribution is 5.32. The number of methoxy groups -OCH3 is 1. The second-order valence-electron chi connectivity index (χ2n) is 6.14. The fraction of sp³-hybridized carbons (Fsp3) is 0.647. The Labute approximate surface area is 116 Å². The molecule has 0 spiro atoms. The molecule has 2 aliphatic carbocycles. The maximum atomic E-state index is 5.86. The summed E-state index contributed by atoms with van der Waals surface area (Å²) in [5, 5.41) is 3.49. The number of benzene rings is 1. The lowest BCUT2D eigenvalue weighted by Gasteiger charge is -2.46. The summed E-state index contributed by atoms with van der Waals surface area (Å²) in [7, 11) is 3.92. The summed E-state index contributed by atoms with van der Waals surface area (Å²) < 4.78 is 5.86. The lowest BCUT2D eigenvalue weighted by molar-refractivity contribution is -0.0983. The van der Waals surface area contributed by atoms with Crippen LogP contribution in [0.15, 0.2) is 24.3 Å². The Bertz CT molecular complexity index is 429. The number of hydrogen-bond acceptors (Lipinski definition) is 2. The molecule has 3 rings (SSSR count). The first-order chi connectivity index (χ1) is 9.29. The minimum absolute atomic E-state index is 0.0208. The lowest BCUT2D eigenvalue weighted by atomic mass is 9.71. The van der Waals surface area contributed by atoms with E-state index >= 15 is 0 Å². The molecule has 0 radical (unpaired) electrons. The Morgan fingerprint density at radius 3 is 2.53 bits per heavy atom. The van der Waals surface area contributed by atoms with Gasteiger partial charge in [-0.2, -0.15) is 0 Å². The van der Waals surface area contributed by atoms with Crippen LogP contribution in [0.25, 0.3) is 0 Å². The van der Waals surface area contributed by atoms with Gasteiger partial charge < -0.3 is 10.1 Å². The smallest absolute Gasteiger partial charge is 0.0872 e. The van der Waals surface area contributed by atoms with E-state index in [0.29, 0.717) is 6.04 Å². The number of ether oxygens (including phenoxy) is 1. The molecule has 2 fully saturated rings. The van der Waals surface area contributed by atoms with Gasteiger partial charge in [0.25, 0.3) is 0 Å². The molecule has 1 N–H and O–H groups in total. The van der Waals surface area contributed by atoms with Crippen molar-refractivity contribution in [1.82, 2.24) is 5.32 Å². The van der Waals surface area contributed by atoms with Gasteiger partial charge >= 0.3 is 0 Å². The molecule has 104 valence electrons. The van der Waals surface area contributed by atoms with Crippen molar-refractivity contribution in [2.45, 2.75) is 56.1 Å². The predicted molar refractivity (Wildman–Crippen MR) is 78.4 cm³/mol. The van der Waals surface area contributed by atoms with Crippen LogP contribution in [0, 0.1) is 0 Å². The van der Waals surface area contributed by atoms with Gasteiger partial charge in [0, 0.05) is 7.11 Å². The third kappa shape index (κ3) is 2.21. The fourth-order valence-electron chi connectivity index (χ4n) is 3.60. The van der Waals surface area contributed by atoms with Gasteiger partial charge in [-0.25, -0.2) is 0 Å². The van der Waals surface area contributed by atoms with Gasteiger partial charge in [-0.1, -0.05) is 30.7 Å². The second kappa shape index (κ2) is 5.26. The van der Waals surface area contributed by atoms with E-state index < -0.39 is 0 Å². The molecule has 2 aliphatic rings. The lowest BCUT2D eigenvalue weighted by Crippen LogP contribution is -2.49. The summed E-state index contributed by atoms with van der Waals surface area (Å²) in [4.78, 5) is 0. The molecule has 1 unspecified atom stereocenters. The maximum Gasteiger partial charge on any atom is 0.0872 e. The third-order valence-electron chi connectivity index (χ3n) is 5.24. The van der Waals surface area contributed by atoms with Gasteiger partial charge in [-0.15, -0.1) is 0 Å². The minimum Gasteiger partial charge on any atom is -0.376 e. The predicted octanol–water partition coefficient (Wildman–Crippen LogP) is 3.78. The van der Waals surface area contributed by atoms with Crippen LogP contribution in [0.2, 0.25) is 0 Å².